The van der Waals surface area contributed by atoms with Crippen molar-refractivity contribution in [2.24, 2.45) is 0 Å². The zero-order valence-corrected chi connectivity index (χ0v) is 15.9. The molecule has 2 heterocycles. The van der Waals surface area contributed by atoms with Gasteiger partial charge in [0.2, 0.25) is 0 Å². The maximum atomic E-state index is 4.97. The molecule has 0 N–H and O–H groups in total. The van der Waals surface area contributed by atoms with Gasteiger partial charge in [-0.15, -0.1) is 0 Å². The van der Waals surface area contributed by atoms with Gasteiger partial charge in [0, 0.05) is 10.8 Å². The van der Waals surface area contributed by atoms with E-state index in [1.165, 1.54) is 0 Å². The van der Waals surface area contributed by atoms with Crippen molar-refractivity contribution < 1.29 is 0 Å². The van der Waals surface area contributed by atoms with Crippen molar-refractivity contribution >= 4 is 65.7 Å². The van der Waals surface area contributed by atoms with E-state index < -0.39 is 0 Å². The maximum Gasteiger partial charge on any atom is 0.0972 e. The zero-order chi connectivity index (χ0) is 19.7. The smallest absolute Gasteiger partial charge is 0.0972 e. The summed E-state index contributed by atoms with van der Waals surface area (Å²) in [4.78, 5) is 19.7. The number of nitrogens with zero attached hydrogens (tertiary/aromatic N) is 4. The van der Waals surface area contributed by atoms with Crippen LogP contribution >= 0.6 is 0 Å². The van der Waals surface area contributed by atoms with E-state index in [2.05, 4.69) is 36.4 Å². The van der Waals surface area contributed by atoms with Crippen molar-refractivity contribution in [2.45, 2.75) is 0 Å². The van der Waals surface area contributed by atoms with Crippen LogP contribution in [0.2, 0.25) is 0 Å². The summed E-state index contributed by atoms with van der Waals surface area (Å²) in [7, 11) is 0. The largest absolute Gasteiger partial charge is 0.244 e. The second-order valence-corrected chi connectivity index (χ2v) is 7.59. The standard InChI is InChI=1S/C26H14N4/c1-3-7-17-15(5-1)9-11-19-25(17)29-23-14-24-22(13-21(23)27-19)28-20-12-10-16-6-2-4-8-18(16)26(20)30-24/h1-14H. The Morgan fingerprint density at radius 1 is 0.367 bits per heavy atom. The molecule has 0 saturated carbocycles. The molecule has 138 valence electrons. The van der Waals surface area contributed by atoms with Gasteiger partial charge in [-0.3, -0.25) is 0 Å². The number of rotatable bonds is 0. The fourth-order valence-corrected chi connectivity index (χ4v) is 4.32. The molecular formula is C26H14N4. The van der Waals surface area contributed by atoms with Crippen molar-refractivity contribution in [1.29, 1.82) is 0 Å². The molecule has 0 fully saturated rings. The fraction of sp³-hybridized carbons (Fsp3) is 0. The van der Waals surface area contributed by atoms with Gasteiger partial charge in [0.15, 0.2) is 0 Å². The predicted octanol–water partition coefficient (Wildman–Crippen LogP) is 6.19. The molecule has 4 nitrogen and oxygen atoms in total. The van der Waals surface area contributed by atoms with E-state index >= 15 is 0 Å². The van der Waals surface area contributed by atoms with Gasteiger partial charge in [0.25, 0.3) is 0 Å². The van der Waals surface area contributed by atoms with Crippen molar-refractivity contribution in [1.82, 2.24) is 19.9 Å². The van der Waals surface area contributed by atoms with Crippen LogP contribution in [0.15, 0.2) is 84.9 Å². The van der Waals surface area contributed by atoms with Gasteiger partial charge in [0.05, 0.1) is 44.1 Å². The summed E-state index contributed by atoms with van der Waals surface area (Å²) in [5.41, 5.74) is 6.94. The first-order valence-corrected chi connectivity index (χ1v) is 9.92. The molecule has 2 aromatic heterocycles. The molecule has 0 bridgehead atoms. The first kappa shape index (κ1) is 15.7. The van der Waals surface area contributed by atoms with E-state index in [0.29, 0.717) is 0 Å². The molecule has 4 heteroatoms. The van der Waals surface area contributed by atoms with Crippen LogP contribution < -0.4 is 0 Å². The summed E-state index contributed by atoms with van der Waals surface area (Å²) in [6.45, 7) is 0. The average molecular weight is 382 g/mol. The highest BCUT2D eigenvalue weighted by Gasteiger charge is 2.10. The Kier molecular flexibility index (Phi) is 2.97. The minimum atomic E-state index is 0.833. The summed E-state index contributed by atoms with van der Waals surface area (Å²) in [6, 6.07) is 28.8. The van der Waals surface area contributed by atoms with Crippen LogP contribution in [0.3, 0.4) is 0 Å². The van der Waals surface area contributed by atoms with Gasteiger partial charge in [-0.1, -0.05) is 60.7 Å². The summed E-state index contributed by atoms with van der Waals surface area (Å²) in [5.74, 6) is 0. The summed E-state index contributed by atoms with van der Waals surface area (Å²) in [6.07, 6.45) is 0. The monoisotopic (exact) mass is 382 g/mol. The number of hydrogen-bond acceptors (Lipinski definition) is 4. The van der Waals surface area contributed by atoms with Gasteiger partial charge in [-0.05, 0) is 35.0 Å². The van der Waals surface area contributed by atoms with Crippen LogP contribution in [0.4, 0.5) is 0 Å². The molecule has 0 radical (unpaired) electrons. The third kappa shape index (κ3) is 2.16. The average Bonchev–Trinajstić information content (AvgIpc) is 2.80. The second kappa shape index (κ2) is 5.67. The predicted molar refractivity (Wildman–Crippen MR) is 123 cm³/mol. The molecule has 7 rings (SSSR count). The highest BCUT2D eigenvalue weighted by atomic mass is 14.8. The lowest BCUT2D eigenvalue weighted by molar-refractivity contribution is 1.38. The minimum absolute atomic E-state index is 0.833. The zero-order valence-electron chi connectivity index (χ0n) is 15.9. The molecule has 0 atom stereocenters. The maximum absolute atomic E-state index is 4.97. The molecule has 0 saturated heterocycles. The number of aromatic nitrogens is 4. The van der Waals surface area contributed by atoms with Gasteiger partial charge >= 0.3 is 0 Å². The lowest BCUT2D eigenvalue weighted by Crippen LogP contribution is -1.93. The first-order chi connectivity index (χ1) is 14.8. The highest BCUT2D eigenvalue weighted by molar-refractivity contribution is 6.09. The van der Waals surface area contributed by atoms with E-state index in [0.717, 1.165) is 65.7 Å². The summed E-state index contributed by atoms with van der Waals surface area (Å²) >= 11 is 0. The number of hydrogen-bond donors (Lipinski definition) is 0. The van der Waals surface area contributed by atoms with Crippen molar-refractivity contribution in [2.75, 3.05) is 0 Å². The Morgan fingerprint density at radius 2 is 0.800 bits per heavy atom. The molecule has 0 spiro atoms. The lowest BCUT2D eigenvalue weighted by atomic mass is 10.1. The molecule has 0 aliphatic carbocycles. The Hall–Kier alpha value is -4.18. The van der Waals surface area contributed by atoms with Crippen molar-refractivity contribution in [3.05, 3.63) is 84.9 Å². The topological polar surface area (TPSA) is 51.6 Å². The molecule has 7 aromatic rings. The number of benzene rings is 5. The van der Waals surface area contributed by atoms with E-state index in [4.69, 9.17) is 19.9 Å². The van der Waals surface area contributed by atoms with E-state index in [1.54, 1.807) is 0 Å². The SMILES string of the molecule is c1ccc2c(c1)ccc1nc3cc4nc5ccc6ccccc6c5nc4cc3nc12. The fourth-order valence-electron chi connectivity index (χ4n) is 4.32. The Morgan fingerprint density at radius 3 is 1.30 bits per heavy atom. The molecule has 0 unspecified atom stereocenters. The minimum Gasteiger partial charge on any atom is -0.244 e. The van der Waals surface area contributed by atoms with Crippen LogP contribution in [0, 0.1) is 0 Å². The van der Waals surface area contributed by atoms with Crippen molar-refractivity contribution in [3.63, 3.8) is 0 Å². The molecule has 5 aromatic carbocycles. The first-order valence-electron chi connectivity index (χ1n) is 9.92. The normalized spacial score (nSPS) is 12.0. The quantitative estimate of drug-likeness (QED) is 0.232. The Labute approximate surface area is 170 Å². The summed E-state index contributed by atoms with van der Waals surface area (Å²) in [5, 5.41) is 4.55. The lowest BCUT2D eigenvalue weighted by Gasteiger charge is -2.07. The molecule has 0 amide bonds. The van der Waals surface area contributed by atoms with E-state index in [-0.39, 0.29) is 0 Å². The third-order valence-corrected chi connectivity index (χ3v) is 5.78. The molecule has 0 aliphatic rings. The van der Waals surface area contributed by atoms with Crippen LogP contribution in [0.25, 0.3) is 65.7 Å². The van der Waals surface area contributed by atoms with Gasteiger partial charge in [-0.2, -0.15) is 0 Å². The number of fused-ring (bicyclic) bond motifs is 8. The van der Waals surface area contributed by atoms with Gasteiger partial charge in [-0.25, -0.2) is 19.9 Å². The van der Waals surface area contributed by atoms with Crippen molar-refractivity contribution in [3.8, 4) is 0 Å². The van der Waals surface area contributed by atoms with Gasteiger partial charge in [0.1, 0.15) is 0 Å². The third-order valence-electron chi connectivity index (χ3n) is 5.78. The Balaban J connectivity index is 1.60. The van der Waals surface area contributed by atoms with E-state index in [1.807, 2.05) is 48.5 Å². The molecule has 30 heavy (non-hydrogen) atoms. The molecular weight excluding hydrogens is 368 g/mol. The second-order valence-electron chi connectivity index (χ2n) is 7.59. The van der Waals surface area contributed by atoms with Crippen LogP contribution in [-0.2, 0) is 0 Å². The van der Waals surface area contributed by atoms with Crippen LogP contribution in [-0.4, -0.2) is 19.9 Å². The van der Waals surface area contributed by atoms with E-state index in [9.17, 15) is 0 Å². The summed E-state index contributed by atoms with van der Waals surface area (Å²) < 4.78 is 0. The van der Waals surface area contributed by atoms with Gasteiger partial charge < -0.3 is 0 Å². The van der Waals surface area contributed by atoms with Crippen LogP contribution in [0.5, 0.6) is 0 Å². The Bertz CT molecular complexity index is 1670. The van der Waals surface area contributed by atoms with Crippen LogP contribution in [0.1, 0.15) is 0 Å². The highest BCUT2D eigenvalue weighted by Crippen LogP contribution is 2.29. The molecule has 0 aliphatic heterocycles.